The van der Waals surface area contributed by atoms with Crippen molar-refractivity contribution < 1.29 is 9.84 Å². The number of hydrogen-bond acceptors (Lipinski definition) is 2. The lowest BCUT2D eigenvalue weighted by Gasteiger charge is -2.13. The zero-order chi connectivity index (χ0) is 10.7. The van der Waals surface area contributed by atoms with Crippen LogP contribution in [0.2, 0.25) is 0 Å². The van der Waals surface area contributed by atoms with E-state index in [-0.39, 0.29) is 6.61 Å². The zero-order valence-corrected chi connectivity index (χ0v) is 9.84. The van der Waals surface area contributed by atoms with Crippen molar-refractivity contribution >= 4 is 29.2 Å². The van der Waals surface area contributed by atoms with E-state index in [1.807, 2.05) is 13.0 Å². The highest BCUT2D eigenvalue weighted by Crippen LogP contribution is 2.27. The Hall–Kier alpha value is -0.475. The van der Waals surface area contributed by atoms with Gasteiger partial charge in [0.2, 0.25) is 0 Å². The van der Waals surface area contributed by atoms with Gasteiger partial charge >= 0.3 is 0 Å². The van der Waals surface area contributed by atoms with Gasteiger partial charge in [-0.2, -0.15) is 0 Å². The summed E-state index contributed by atoms with van der Waals surface area (Å²) in [6.07, 6.45) is -0.473. The smallest absolute Gasteiger partial charge is 0.136 e. The molecular formula is C10H12BBrO2. The first-order chi connectivity index (χ1) is 6.50. The van der Waals surface area contributed by atoms with Crippen LogP contribution in [0.15, 0.2) is 16.6 Å². The zero-order valence-electron chi connectivity index (χ0n) is 8.25. The van der Waals surface area contributed by atoms with Gasteiger partial charge in [0.25, 0.3) is 0 Å². The Morgan fingerprint density at radius 3 is 2.71 bits per heavy atom. The van der Waals surface area contributed by atoms with Gasteiger partial charge in [0.1, 0.15) is 20.2 Å². The van der Waals surface area contributed by atoms with Crippen molar-refractivity contribution in [3.05, 3.63) is 22.2 Å². The molecule has 0 aliphatic carbocycles. The third-order valence-corrected chi connectivity index (χ3v) is 2.31. The van der Waals surface area contributed by atoms with Gasteiger partial charge in [0.15, 0.2) is 0 Å². The summed E-state index contributed by atoms with van der Waals surface area (Å²) in [6.45, 7) is 3.88. The number of benzene rings is 1. The fraction of sp³-hybridized carbons (Fsp3) is 0.400. The summed E-state index contributed by atoms with van der Waals surface area (Å²) in [5.41, 5.74) is 1.65. The number of ether oxygens (including phenoxy) is 1. The predicted octanol–water partition coefficient (Wildman–Crippen LogP) is 1.31. The molecule has 0 amide bonds. The topological polar surface area (TPSA) is 29.5 Å². The lowest BCUT2D eigenvalue weighted by Crippen LogP contribution is -2.14. The largest absolute Gasteiger partial charge is 0.489 e. The number of rotatable bonds is 3. The van der Waals surface area contributed by atoms with Crippen LogP contribution in [0.1, 0.15) is 12.5 Å². The molecule has 0 heterocycles. The van der Waals surface area contributed by atoms with Crippen LogP contribution in [0, 0.1) is 6.92 Å². The van der Waals surface area contributed by atoms with Gasteiger partial charge < -0.3 is 9.84 Å². The maximum absolute atomic E-state index is 9.09. The Kier molecular flexibility index (Phi) is 4.02. The number of aliphatic hydroxyl groups excluding tert-OH is 1. The van der Waals surface area contributed by atoms with Gasteiger partial charge in [0.05, 0.1) is 10.6 Å². The van der Waals surface area contributed by atoms with Gasteiger partial charge in [-0.15, -0.1) is 0 Å². The van der Waals surface area contributed by atoms with E-state index in [9.17, 15) is 0 Å². The standard InChI is InChI=1S/C10H12BBrO2/c1-6-3-8(11)4-9(12)10(6)14-5-7(2)13/h3-4,7,13H,5H2,1-2H3. The maximum Gasteiger partial charge on any atom is 0.136 e. The highest BCUT2D eigenvalue weighted by atomic mass is 79.9. The Labute approximate surface area is 93.8 Å². The molecule has 0 bridgehead atoms. The third kappa shape index (κ3) is 3.03. The molecule has 1 N–H and O–H groups in total. The Bertz CT molecular complexity index is 303. The van der Waals surface area contributed by atoms with E-state index >= 15 is 0 Å². The first-order valence-electron chi connectivity index (χ1n) is 4.37. The molecule has 1 rings (SSSR count). The molecule has 0 aliphatic rings. The van der Waals surface area contributed by atoms with Crippen LogP contribution in [0.5, 0.6) is 5.75 Å². The van der Waals surface area contributed by atoms with Gasteiger partial charge in [-0.05, 0) is 35.3 Å². The van der Waals surface area contributed by atoms with Crippen LogP contribution in [0.4, 0.5) is 0 Å². The second-order valence-corrected chi connectivity index (χ2v) is 4.16. The van der Waals surface area contributed by atoms with Gasteiger partial charge in [-0.3, -0.25) is 0 Å². The summed E-state index contributed by atoms with van der Waals surface area (Å²) in [4.78, 5) is 0. The predicted molar refractivity (Wildman–Crippen MR) is 61.4 cm³/mol. The molecule has 0 aliphatic heterocycles. The summed E-state index contributed by atoms with van der Waals surface area (Å²) in [6, 6.07) is 3.62. The number of aliphatic hydroxyl groups is 1. The van der Waals surface area contributed by atoms with E-state index in [1.165, 1.54) is 0 Å². The third-order valence-electron chi connectivity index (χ3n) is 1.72. The lowest BCUT2D eigenvalue weighted by molar-refractivity contribution is 0.122. The average molecular weight is 255 g/mol. The molecule has 2 nitrogen and oxygen atoms in total. The summed E-state index contributed by atoms with van der Waals surface area (Å²) in [5.74, 6) is 0.736. The first kappa shape index (κ1) is 11.6. The van der Waals surface area contributed by atoms with Crippen molar-refractivity contribution in [3.63, 3.8) is 0 Å². The highest BCUT2D eigenvalue weighted by Gasteiger charge is 2.07. The summed E-state index contributed by atoms with van der Waals surface area (Å²) < 4.78 is 6.25. The quantitative estimate of drug-likeness (QED) is 0.825. The molecule has 1 aromatic rings. The second kappa shape index (κ2) is 4.85. The summed E-state index contributed by atoms with van der Waals surface area (Å²) in [5, 5.41) is 9.09. The number of hydrogen-bond donors (Lipinski definition) is 1. The molecule has 74 valence electrons. The van der Waals surface area contributed by atoms with Gasteiger partial charge in [-0.1, -0.05) is 17.6 Å². The van der Waals surface area contributed by atoms with Crippen LogP contribution in [-0.2, 0) is 0 Å². The fourth-order valence-corrected chi connectivity index (χ4v) is 1.84. The molecule has 4 heteroatoms. The molecule has 2 radical (unpaired) electrons. The van der Waals surface area contributed by atoms with E-state index in [4.69, 9.17) is 17.7 Å². The molecule has 0 saturated heterocycles. The van der Waals surface area contributed by atoms with Crippen LogP contribution < -0.4 is 10.2 Å². The minimum atomic E-state index is -0.473. The molecule has 0 fully saturated rings. The normalized spacial score (nSPS) is 12.6. The number of halogens is 1. The van der Waals surface area contributed by atoms with Crippen molar-refractivity contribution in [2.24, 2.45) is 0 Å². The SMILES string of the molecule is [B]c1cc(C)c(OCC(C)O)c(Br)c1. The van der Waals surface area contributed by atoms with E-state index in [0.717, 1.165) is 15.8 Å². The van der Waals surface area contributed by atoms with Crippen molar-refractivity contribution in [2.75, 3.05) is 6.61 Å². The Morgan fingerprint density at radius 1 is 1.57 bits per heavy atom. The maximum atomic E-state index is 9.09. The molecule has 1 atom stereocenters. The second-order valence-electron chi connectivity index (χ2n) is 3.31. The van der Waals surface area contributed by atoms with E-state index < -0.39 is 6.10 Å². The molecule has 0 aromatic heterocycles. The van der Waals surface area contributed by atoms with Crippen molar-refractivity contribution in [2.45, 2.75) is 20.0 Å². The van der Waals surface area contributed by atoms with Crippen molar-refractivity contribution in [3.8, 4) is 5.75 Å². The molecule has 1 aromatic carbocycles. The minimum Gasteiger partial charge on any atom is -0.489 e. The first-order valence-corrected chi connectivity index (χ1v) is 5.16. The molecule has 0 spiro atoms. The van der Waals surface area contributed by atoms with Crippen LogP contribution in [0.3, 0.4) is 0 Å². The Balaban J connectivity index is 2.86. The molecule has 14 heavy (non-hydrogen) atoms. The van der Waals surface area contributed by atoms with Gasteiger partial charge in [-0.25, -0.2) is 0 Å². The van der Waals surface area contributed by atoms with Crippen molar-refractivity contribution in [1.29, 1.82) is 0 Å². The van der Waals surface area contributed by atoms with E-state index in [2.05, 4.69) is 15.9 Å². The van der Waals surface area contributed by atoms with E-state index in [1.54, 1.807) is 13.0 Å². The van der Waals surface area contributed by atoms with Crippen LogP contribution in [-0.4, -0.2) is 25.7 Å². The summed E-state index contributed by atoms with van der Waals surface area (Å²) >= 11 is 3.36. The molecule has 0 saturated carbocycles. The average Bonchev–Trinajstić information content (AvgIpc) is 2.01. The Morgan fingerprint density at radius 2 is 2.21 bits per heavy atom. The monoisotopic (exact) mass is 254 g/mol. The lowest BCUT2D eigenvalue weighted by atomic mass is 9.94. The number of aryl methyl sites for hydroxylation is 1. The van der Waals surface area contributed by atoms with Crippen LogP contribution in [0.25, 0.3) is 0 Å². The molecule has 1 unspecified atom stereocenters. The van der Waals surface area contributed by atoms with Crippen LogP contribution >= 0.6 is 15.9 Å². The van der Waals surface area contributed by atoms with Gasteiger partial charge in [0, 0.05) is 0 Å². The summed E-state index contributed by atoms with van der Waals surface area (Å²) in [7, 11) is 5.65. The van der Waals surface area contributed by atoms with E-state index in [0.29, 0.717) is 5.46 Å². The highest BCUT2D eigenvalue weighted by molar-refractivity contribution is 9.10. The minimum absolute atomic E-state index is 0.281. The fourth-order valence-electron chi connectivity index (χ4n) is 1.14. The molecular weight excluding hydrogens is 243 g/mol. The van der Waals surface area contributed by atoms with Crippen molar-refractivity contribution in [1.82, 2.24) is 0 Å².